The van der Waals surface area contributed by atoms with Crippen LogP contribution in [0, 0.1) is 0 Å². The van der Waals surface area contributed by atoms with Crippen LogP contribution in [0.1, 0.15) is 16.8 Å². The molecule has 0 spiro atoms. The Bertz CT molecular complexity index is 460. The van der Waals surface area contributed by atoms with Gasteiger partial charge in [-0.05, 0) is 25.1 Å². The van der Waals surface area contributed by atoms with Crippen LogP contribution in [0.15, 0.2) is 18.2 Å². The van der Waals surface area contributed by atoms with Gasteiger partial charge < -0.3 is 21.3 Å². The third kappa shape index (κ3) is 1.63. The van der Waals surface area contributed by atoms with Crippen LogP contribution in [0.4, 0.5) is 11.4 Å². The molecule has 5 nitrogen and oxygen atoms in total. The van der Waals surface area contributed by atoms with Gasteiger partial charge in [0, 0.05) is 18.8 Å². The summed E-state index contributed by atoms with van der Waals surface area (Å²) >= 11 is 0. The number of nitrogen functional groups attached to an aromatic ring is 1. The zero-order valence-corrected chi connectivity index (χ0v) is 9.57. The second kappa shape index (κ2) is 3.92. The number of nitrogens with two attached hydrogens (primary N) is 1. The summed E-state index contributed by atoms with van der Waals surface area (Å²) in [6, 6.07) is 5.65. The van der Waals surface area contributed by atoms with Crippen molar-refractivity contribution in [1.82, 2.24) is 10.6 Å². The highest BCUT2D eigenvalue weighted by molar-refractivity contribution is 6.06. The standard InChI is InChI=1S/C12H16N4O/c13-8-3-1-4-9-11(8)12(17)15-10-7-14-5-2-6-16(9)10/h1,3-4,10,14H,2,5-7,13H2,(H,15,17). The van der Waals surface area contributed by atoms with Gasteiger partial charge in [-0.25, -0.2) is 0 Å². The molecule has 0 bridgehead atoms. The Balaban J connectivity index is 2.08. The quantitative estimate of drug-likeness (QED) is 0.556. The summed E-state index contributed by atoms with van der Waals surface area (Å²) in [6.45, 7) is 2.70. The van der Waals surface area contributed by atoms with Crippen LogP contribution in [0.25, 0.3) is 0 Å². The molecule has 1 aromatic carbocycles. The third-order valence-corrected chi connectivity index (χ3v) is 3.38. The summed E-state index contributed by atoms with van der Waals surface area (Å²) in [4.78, 5) is 14.3. The molecule has 1 unspecified atom stereocenters. The molecule has 0 aliphatic carbocycles. The normalized spacial score (nSPS) is 23.4. The van der Waals surface area contributed by atoms with Crippen LogP contribution in [0.5, 0.6) is 0 Å². The van der Waals surface area contributed by atoms with Gasteiger partial charge in [-0.15, -0.1) is 0 Å². The lowest BCUT2D eigenvalue weighted by Crippen LogP contribution is -2.56. The van der Waals surface area contributed by atoms with Crippen LogP contribution in [0.2, 0.25) is 0 Å². The maximum absolute atomic E-state index is 12.0. The molecule has 1 fully saturated rings. The number of carbonyl (C=O) groups excluding carboxylic acids is 1. The van der Waals surface area contributed by atoms with E-state index in [1.807, 2.05) is 12.1 Å². The number of hydrogen-bond acceptors (Lipinski definition) is 4. The summed E-state index contributed by atoms with van der Waals surface area (Å²) in [6.07, 6.45) is 1.11. The highest BCUT2D eigenvalue weighted by atomic mass is 16.2. The lowest BCUT2D eigenvalue weighted by Gasteiger charge is -2.38. The zero-order valence-electron chi connectivity index (χ0n) is 9.57. The topological polar surface area (TPSA) is 70.4 Å². The van der Waals surface area contributed by atoms with Crippen molar-refractivity contribution in [3.05, 3.63) is 23.8 Å². The first-order chi connectivity index (χ1) is 8.27. The zero-order chi connectivity index (χ0) is 11.8. The third-order valence-electron chi connectivity index (χ3n) is 3.38. The molecule has 2 aliphatic heterocycles. The molecule has 0 radical (unpaired) electrons. The van der Waals surface area contributed by atoms with Gasteiger partial charge in [0.2, 0.25) is 0 Å². The summed E-state index contributed by atoms with van der Waals surface area (Å²) in [5, 5.41) is 6.32. The van der Waals surface area contributed by atoms with Crippen molar-refractivity contribution < 1.29 is 4.79 Å². The number of carbonyl (C=O) groups is 1. The van der Waals surface area contributed by atoms with E-state index in [1.54, 1.807) is 6.07 Å². The molecule has 0 aromatic heterocycles. The molecular weight excluding hydrogens is 216 g/mol. The number of nitrogens with one attached hydrogen (secondary N) is 2. The van der Waals surface area contributed by atoms with Crippen molar-refractivity contribution in [3.63, 3.8) is 0 Å². The molecule has 3 rings (SSSR count). The van der Waals surface area contributed by atoms with E-state index in [9.17, 15) is 4.79 Å². The van der Waals surface area contributed by atoms with Crippen LogP contribution in [-0.4, -0.2) is 31.7 Å². The highest BCUT2D eigenvalue weighted by Crippen LogP contribution is 2.30. The number of fused-ring (bicyclic) bond motifs is 3. The fourth-order valence-corrected chi connectivity index (χ4v) is 2.56. The first-order valence-corrected chi connectivity index (χ1v) is 5.94. The Morgan fingerprint density at radius 3 is 3.18 bits per heavy atom. The fraction of sp³-hybridized carbons (Fsp3) is 0.417. The summed E-state index contributed by atoms with van der Waals surface area (Å²) < 4.78 is 0. The molecular formula is C12H16N4O. The Kier molecular flexibility index (Phi) is 2.40. The minimum Gasteiger partial charge on any atom is -0.398 e. The van der Waals surface area contributed by atoms with Crippen LogP contribution in [-0.2, 0) is 0 Å². The minimum absolute atomic E-state index is 0.0410. The molecule has 1 amide bonds. The predicted molar refractivity (Wildman–Crippen MR) is 66.9 cm³/mol. The van der Waals surface area contributed by atoms with E-state index in [-0.39, 0.29) is 12.1 Å². The molecule has 5 heteroatoms. The Morgan fingerprint density at radius 1 is 1.41 bits per heavy atom. The van der Waals surface area contributed by atoms with Crippen LogP contribution in [0.3, 0.4) is 0 Å². The van der Waals surface area contributed by atoms with Gasteiger partial charge in [-0.3, -0.25) is 4.79 Å². The lowest BCUT2D eigenvalue weighted by atomic mass is 10.0. The monoisotopic (exact) mass is 232 g/mol. The predicted octanol–water partition coefficient (Wildman–Crippen LogP) is 0.138. The van der Waals surface area contributed by atoms with E-state index in [0.29, 0.717) is 11.3 Å². The van der Waals surface area contributed by atoms with E-state index in [4.69, 9.17) is 5.73 Å². The molecule has 17 heavy (non-hydrogen) atoms. The number of nitrogens with zero attached hydrogens (tertiary/aromatic N) is 1. The minimum atomic E-state index is -0.0666. The van der Waals surface area contributed by atoms with Gasteiger partial charge in [0.05, 0.1) is 11.3 Å². The summed E-state index contributed by atoms with van der Waals surface area (Å²) in [5.74, 6) is -0.0666. The number of benzene rings is 1. The average molecular weight is 232 g/mol. The van der Waals surface area contributed by atoms with Gasteiger partial charge in [-0.2, -0.15) is 0 Å². The molecule has 2 heterocycles. The van der Waals surface area contributed by atoms with Crippen molar-refractivity contribution in [3.8, 4) is 0 Å². The maximum Gasteiger partial charge on any atom is 0.257 e. The maximum atomic E-state index is 12.0. The van der Waals surface area contributed by atoms with E-state index in [2.05, 4.69) is 15.5 Å². The molecule has 90 valence electrons. The number of hydrogen-bond donors (Lipinski definition) is 3. The molecule has 1 aromatic rings. The van der Waals surface area contributed by atoms with E-state index in [0.717, 1.165) is 31.7 Å². The first kappa shape index (κ1) is 10.4. The van der Waals surface area contributed by atoms with Crippen molar-refractivity contribution in [2.45, 2.75) is 12.6 Å². The number of amides is 1. The molecule has 2 aliphatic rings. The second-order valence-corrected chi connectivity index (χ2v) is 4.48. The van der Waals surface area contributed by atoms with Crippen molar-refractivity contribution in [2.24, 2.45) is 0 Å². The van der Waals surface area contributed by atoms with Gasteiger partial charge in [0.1, 0.15) is 6.17 Å². The number of rotatable bonds is 0. The molecule has 1 atom stereocenters. The Labute approximate surface area is 100.0 Å². The van der Waals surface area contributed by atoms with Gasteiger partial charge >= 0.3 is 0 Å². The van der Waals surface area contributed by atoms with Crippen molar-refractivity contribution in [2.75, 3.05) is 30.3 Å². The second-order valence-electron chi connectivity index (χ2n) is 4.48. The van der Waals surface area contributed by atoms with E-state index in [1.165, 1.54) is 0 Å². The number of anilines is 2. The molecule has 4 N–H and O–H groups in total. The van der Waals surface area contributed by atoms with Gasteiger partial charge in [-0.1, -0.05) is 6.07 Å². The van der Waals surface area contributed by atoms with Gasteiger partial charge in [0.25, 0.3) is 5.91 Å². The van der Waals surface area contributed by atoms with Crippen LogP contribution >= 0.6 is 0 Å². The average Bonchev–Trinajstić information content (AvgIpc) is 2.54. The highest BCUT2D eigenvalue weighted by Gasteiger charge is 2.32. The largest absolute Gasteiger partial charge is 0.398 e. The van der Waals surface area contributed by atoms with E-state index < -0.39 is 0 Å². The first-order valence-electron chi connectivity index (χ1n) is 5.94. The summed E-state index contributed by atoms with van der Waals surface area (Å²) in [7, 11) is 0. The molecule has 1 saturated heterocycles. The van der Waals surface area contributed by atoms with E-state index >= 15 is 0 Å². The van der Waals surface area contributed by atoms with Gasteiger partial charge in [0.15, 0.2) is 0 Å². The van der Waals surface area contributed by atoms with Crippen LogP contribution < -0.4 is 21.3 Å². The van der Waals surface area contributed by atoms with Crippen molar-refractivity contribution >= 4 is 17.3 Å². The fourth-order valence-electron chi connectivity index (χ4n) is 2.56. The summed E-state index contributed by atoms with van der Waals surface area (Å²) in [5.41, 5.74) is 8.02. The Hall–Kier alpha value is -1.75. The SMILES string of the molecule is Nc1cccc2c1C(=O)NC1CNCCCN21. The Morgan fingerprint density at radius 2 is 2.29 bits per heavy atom. The lowest BCUT2D eigenvalue weighted by molar-refractivity contribution is 0.0929. The smallest absolute Gasteiger partial charge is 0.257 e. The molecule has 0 saturated carbocycles. The van der Waals surface area contributed by atoms with Crippen molar-refractivity contribution in [1.29, 1.82) is 0 Å².